The van der Waals surface area contributed by atoms with Gasteiger partial charge in [-0.2, -0.15) is 0 Å². The van der Waals surface area contributed by atoms with E-state index in [2.05, 4.69) is 4.98 Å². The normalized spacial score (nSPS) is 11.8. The third-order valence-electron chi connectivity index (χ3n) is 2.69. The topological polar surface area (TPSA) is 44.1 Å². The molecule has 0 atom stereocenters. The molecular formula is C11H17IN2O2. The summed E-state index contributed by atoms with van der Waals surface area (Å²) in [5.74, 6) is 0.748. The number of aryl methyl sites for hydroxylation is 1. The lowest BCUT2D eigenvalue weighted by atomic mass is 10.1. The van der Waals surface area contributed by atoms with Gasteiger partial charge in [0, 0.05) is 19.9 Å². The number of rotatable bonds is 4. The molecule has 4 nitrogen and oxygen atoms in total. The van der Waals surface area contributed by atoms with E-state index in [0.717, 1.165) is 12.2 Å². The van der Waals surface area contributed by atoms with Gasteiger partial charge in [0.2, 0.25) is 0 Å². The van der Waals surface area contributed by atoms with Crippen molar-refractivity contribution >= 4 is 22.6 Å². The van der Waals surface area contributed by atoms with Crippen molar-refractivity contribution in [2.45, 2.75) is 39.3 Å². The first kappa shape index (κ1) is 13.6. The van der Waals surface area contributed by atoms with Gasteiger partial charge in [0.25, 0.3) is 5.56 Å². The van der Waals surface area contributed by atoms with Crippen LogP contribution < -0.4 is 5.56 Å². The van der Waals surface area contributed by atoms with Crippen LogP contribution in [0.2, 0.25) is 0 Å². The quantitative estimate of drug-likeness (QED) is 0.790. The highest BCUT2D eigenvalue weighted by molar-refractivity contribution is 14.1. The summed E-state index contributed by atoms with van der Waals surface area (Å²) in [6.07, 6.45) is 2.39. The maximum Gasteiger partial charge on any atom is 0.266 e. The molecule has 0 radical (unpaired) electrons. The predicted molar refractivity (Wildman–Crippen MR) is 71.7 cm³/mol. The fourth-order valence-electron chi connectivity index (χ4n) is 1.30. The molecule has 0 bridgehead atoms. The first-order valence-corrected chi connectivity index (χ1v) is 6.22. The molecule has 1 aromatic heterocycles. The number of nitrogens with zero attached hydrogens (tertiary/aromatic N) is 2. The highest BCUT2D eigenvalue weighted by Gasteiger charge is 2.17. The Hall–Kier alpha value is -0.430. The maximum absolute atomic E-state index is 11.9. The molecule has 0 N–H and O–H groups in total. The molecule has 0 unspecified atom stereocenters. The molecule has 0 saturated carbocycles. The largest absolute Gasteiger partial charge is 0.379 e. The third-order valence-corrected chi connectivity index (χ3v) is 3.43. The van der Waals surface area contributed by atoms with Crippen molar-refractivity contribution in [1.82, 2.24) is 9.55 Å². The van der Waals surface area contributed by atoms with E-state index in [1.807, 2.05) is 43.4 Å². The van der Waals surface area contributed by atoms with Gasteiger partial charge in [-0.15, -0.1) is 0 Å². The van der Waals surface area contributed by atoms with Crippen molar-refractivity contribution in [2.24, 2.45) is 0 Å². The molecule has 1 rings (SSSR count). The minimum Gasteiger partial charge on any atom is -0.379 e. The Balaban J connectivity index is 2.90. The lowest BCUT2D eigenvalue weighted by Gasteiger charge is -2.23. The molecule has 90 valence electrons. The minimum absolute atomic E-state index is 0.0278. The van der Waals surface area contributed by atoms with Crippen molar-refractivity contribution in [3.63, 3.8) is 0 Å². The fraction of sp³-hybridized carbons (Fsp3) is 0.636. The molecule has 0 amide bonds. The number of ether oxygens (including phenoxy) is 1. The zero-order chi connectivity index (χ0) is 12.3. The molecule has 1 heterocycles. The summed E-state index contributed by atoms with van der Waals surface area (Å²) < 4.78 is 7.68. The molecule has 0 saturated heterocycles. The van der Waals surface area contributed by atoms with Crippen LogP contribution in [-0.2, 0) is 11.3 Å². The van der Waals surface area contributed by atoms with Crippen molar-refractivity contribution < 1.29 is 4.74 Å². The highest BCUT2D eigenvalue weighted by atomic mass is 127. The molecule has 0 aliphatic heterocycles. The summed E-state index contributed by atoms with van der Waals surface area (Å²) in [5, 5.41) is 0. The van der Waals surface area contributed by atoms with E-state index in [4.69, 9.17) is 4.74 Å². The van der Waals surface area contributed by atoms with Gasteiger partial charge >= 0.3 is 0 Å². The second kappa shape index (κ2) is 5.27. The minimum atomic E-state index is -0.215. The summed E-state index contributed by atoms with van der Waals surface area (Å²) in [6, 6.07) is 0. The van der Waals surface area contributed by atoms with Gasteiger partial charge in [-0.1, -0.05) is 0 Å². The smallest absolute Gasteiger partial charge is 0.266 e. The monoisotopic (exact) mass is 336 g/mol. The Morgan fingerprint density at radius 3 is 2.75 bits per heavy atom. The second-order valence-electron chi connectivity index (χ2n) is 4.32. The first-order valence-electron chi connectivity index (χ1n) is 5.14. The Labute approximate surface area is 109 Å². The lowest BCUT2D eigenvalue weighted by Crippen LogP contribution is -2.31. The van der Waals surface area contributed by atoms with Crippen LogP contribution in [0.5, 0.6) is 0 Å². The highest BCUT2D eigenvalue weighted by Crippen LogP contribution is 2.14. The van der Waals surface area contributed by atoms with Crippen molar-refractivity contribution in [3.8, 4) is 0 Å². The SMILES string of the molecule is COC(C)(C)CCn1c(C)ncc(I)c1=O. The van der Waals surface area contributed by atoms with Gasteiger partial charge in [0.05, 0.1) is 9.17 Å². The van der Waals surface area contributed by atoms with Crippen LogP contribution >= 0.6 is 22.6 Å². The van der Waals surface area contributed by atoms with Crippen LogP contribution in [0.1, 0.15) is 26.1 Å². The molecule has 1 aromatic rings. The van der Waals surface area contributed by atoms with Crippen molar-refractivity contribution in [2.75, 3.05) is 7.11 Å². The Kier molecular flexibility index (Phi) is 4.49. The average Bonchev–Trinajstić information content (AvgIpc) is 2.24. The number of hydrogen-bond donors (Lipinski definition) is 0. The summed E-state index contributed by atoms with van der Waals surface area (Å²) in [7, 11) is 1.68. The number of hydrogen-bond acceptors (Lipinski definition) is 3. The van der Waals surface area contributed by atoms with E-state index < -0.39 is 0 Å². The van der Waals surface area contributed by atoms with Crippen LogP contribution in [-0.4, -0.2) is 22.3 Å². The lowest BCUT2D eigenvalue weighted by molar-refractivity contribution is 0.0116. The fourth-order valence-corrected chi connectivity index (χ4v) is 1.73. The number of aromatic nitrogens is 2. The maximum atomic E-state index is 11.9. The van der Waals surface area contributed by atoms with Crippen LogP contribution in [0, 0.1) is 10.5 Å². The number of halogens is 1. The van der Waals surface area contributed by atoms with E-state index in [-0.39, 0.29) is 11.2 Å². The second-order valence-corrected chi connectivity index (χ2v) is 5.49. The first-order chi connectivity index (χ1) is 7.37. The molecule has 0 spiro atoms. The Morgan fingerprint density at radius 2 is 2.19 bits per heavy atom. The van der Waals surface area contributed by atoms with Crippen molar-refractivity contribution in [1.29, 1.82) is 0 Å². The van der Waals surface area contributed by atoms with Crippen LogP contribution in [0.25, 0.3) is 0 Å². The van der Waals surface area contributed by atoms with Gasteiger partial charge < -0.3 is 4.74 Å². The molecule has 0 fully saturated rings. The van der Waals surface area contributed by atoms with Gasteiger partial charge in [-0.05, 0) is 49.8 Å². The van der Waals surface area contributed by atoms with Gasteiger partial charge in [0.1, 0.15) is 5.82 Å². The average molecular weight is 336 g/mol. The summed E-state index contributed by atoms with van der Waals surface area (Å²) in [5.41, 5.74) is -0.187. The van der Waals surface area contributed by atoms with Gasteiger partial charge in [-0.3, -0.25) is 9.36 Å². The van der Waals surface area contributed by atoms with Crippen molar-refractivity contribution in [3.05, 3.63) is 25.9 Å². The van der Waals surface area contributed by atoms with E-state index in [1.54, 1.807) is 17.9 Å². The molecule has 0 aliphatic rings. The Morgan fingerprint density at radius 1 is 1.56 bits per heavy atom. The van der Waals surface area contributed by atoms with E-state index in [9.17, 15) is 4.79 Å². The summed E-state index contributed by atoms with van der Waals surface area (Å²) in [6.45, 7) is 6.50. The molecule has 0 aromatic carbocycles. The molecule has 0 aliphatic carbocycles. The zero-order valence-electron chi connectivity index (χ0n) is 10.1. The van der Waals surface area contributed by atoms with Crippen LogP contribution in [0.3, 0.4) is 0 Å². The standard InChI is InChI=1S/C11H17IN2O2/c1-8-13-7-9(12)10(15)14(8)6-5-11(2,3)16-4/h7H,5-6H2,1-4H3. The molecule has 16 heavy (non-hydrogen) atoms. The third kappa shape index (κ3) is 3.28. The molecule has 5 heteroatoms. The summed E-state index contributed by atoms with van der Waals surface area (Å²) in [4.78, 5) is 16.1. The number of methoxy groups -OCH3 is 1. The van der Waals surface area contributed by atoms with E-state index in [1.165, 1.54) is 0 Å². The van der Waals surface area contributed by atoms with E-state index >= 15 is 0 Å². The Bertz CT molecular complexity index is 426. The van der Waals surface area contributed by atoms with Crippen LogP contribution in [0.4, 0.5) is 0 Å². The van der Waals surface area contributed by atoms with E-state index in [0.29, 0.717) is 10.1 Å². The zero-order valence-corrected chi connectivity index (χ0v) is 12.2. The van der Waals surface area contributed by atoms with Gasteiger partial charge in [0.15, 0.2) is 0 Å². The predicted octanol–water partition coefficient (Wildman–Crippen LogP) is 1.97. The van der Waals surface area contributed by atoms with Gasteiger partial charge in [-0.25, -0.2) is 4.98 Å². The summed E-state index contributed by atoms with van der Waals surface area (Å²) >= 11 is 2.01. The van der Waals surface area contributed by atoms with Crippen LogP contribution in [0.15, 0.2) is 11.0 Å². The molecular weight excluding hydrogens is 319 g/mol.